The number of amides is 1. The lowest BCUT2D eigenvalue weighted by Crippen LogP contribution is -2.49. The van der Waals surface area contributed by atoms with Gasteiger partial charge in [-0.3, -0.25) is 14.6 Å². The van der Waals surface area contributed by atoms with Crippen LogP contribution in [-0.2, 0) is 25.6 Å². The Balaban J connectivity index is 2.07. The molecule has 0 spiro atoms. The van der Waals surface area contributed by atoms with Crippen molar-refractivity contribution in [2.24, 2.45) is 11.3 Å². The van der Waals surface area contributed by atoms with Crippen molar-refractivity contribution in [3.8, 4) is 0 Å². The van der Waals surface area contributed by atoms with E-state index >= 15 is 0 Å². The molecule has 8 nitrogen and oxygen atoms in total. The first-order valence-corrected chi connectivity index (χ1v) is 16.6. The van der Waals surface area contributed by atoms with Gasteiger partial charge in [-0.2, -0.15) is 0 Å². The number of halogens is 1. The van der Waals surface area contributed by atoms with Crippen molar-refractivity contribution in [2.45, 2.75) is 77.7 Å². The first-order chi connectivity index (χ1) is 17.0. The van der Waals surface area contributed by atoms with Crippen LogP contribution in [0.15, 0.2) is 41.4 Å². The summed E-state index contributed by atoms with van der Waals surface area (Å²) in [4.78, 5) is 16.9. The molecule has 0 saturated heterocycles. The highest BCUT2D eigenvalue weighted by Crippen LogP contribution is 2.40. The predicted molar refractivity (Wildman–Crippen MR) is 145 cm³/mol. The number of sulfonamides is 1. The molecule has 0 saturated carbocycles. The normalized spacial score (nSPS) is 17.4. The van der Waals surface area contributed by atoms with Crippen molar-refractivity contribution in [3.05, 3.63) is 48.0 Å². The second-order valence-corrected chi connectivity index (χ2v) is 16.0. The predicted octanol–water partition coefficient (Wildman–Crippen LogP) is 5.35. The number of hydrogen-bond acceptors (Lipinski definition) is 6. The minimum absolute atomic E-state index is 0.0301. The van der Waals surface area contributed by atoms with Crippen LogP contribution in [0.3, 0.4) is 0 Å². The van der Waals surface area contributed by atoms with Crippen LogP contribution in [0.4, 0.5) is 20.6 Å². The number of carbonyl (C=O) groups excluding carboxylic acids is 1. The van der Waals surface area contributed by atoms with Gasteiger partial charge < -0.3 is 9.16 Å². The van der Waals surface area contributed by atoms with Gasteiger partial charge in [0, 0.05) is 12.5 Å². The van der Waals surface area contributed by atoms with E-state index in [1.165, 1.54) is 22.6 Å². The van der Waals surface area contributed by atoms with Crippen molar-refractivity contribution in [1.82, 2.24) is 4.98 Å². The van der Waals surface area contributed by atoms with Gasteiger partial charge in [0.25, 0.3) is 10.0 Å². The molecule has 2 unspecified atom stereocenters. The highest BCUT2D eigenvalue weighted by atomic mass is 32.2. The largest absolute Gasteiger partial charge is 0.444 e. The Morgan fingerprint density at radius 1 is 1.16 bits per heavy atom. The van der Waals surface area contributed by atoms with E-state index in [4.69, 9.17) is 9.16 Å². The number of rotatable bonds is 6. The molecular weight excluding hydrogens is 513 g/mol. The standard InChI is InChI=1S/C26H38FN3O5SSi/c1-25(2,3)23(35-37(7)8)17-13-21-22(14-19(15-28-21)29-24(31)34-26(4,5)6)30(16-17)36(32,33)20-11-9-18(27)10-12-20/h9-12,14-15,17,23,37H,13,16H2,1-8H3,(H,29,31). The molecule has 0 bridgehead atoms. The van der Waals surface area contributed by atoms with Crippen molar-refractivity contribution in [1.29, 1.82) is 0 Å². The zero-order chi connectivity index (χ0) is 27.8. The molecule has 0 fully saturated rings. The lowest BCUT2D eigenvalue weighted by Gasteiger charge is -2.43. The van der Waals surface area contributed by atoms with Crippen molar-refractivity contribution in [3.63, 3.8) is 0 Å². The molecule has 2 aromatic rings. The fourth-order valence-electron chi connectivity index (χ4n) is 4.45. The molecule has 2 heterocycles. The van der Waals surface area contributed by atoms with Gasteiger partial charge in [-0.05, 0) is 76.0 Å². The minimum atomic E-state index is -4.07. The van der Waals surface area contributed by atoms with Gasteiger partial charge in [0.15, 0.2) is 9.04 Å². The Bertz CT molecular complexity index is 1220. The Kier molecular flexibility index (Phi) is 8.40. The summed E-state index contributed by atoms with van der Waals surface area (Å²) >= 11 is 0. The molecule has 3 rings (SSSR count). The van der Waals surface area contributed by atoms with E-state index in [0.29, 0.717) is 23.5 Å². The number of aromatic nitrogens is 1. The van der Waals surface area contributed by atoms with E-state index in [9.17, 15) is 17.6 Å². The number of pyridine rings is 1. The summed E-state index contributed by atoms with van der Waals surface area (Å²) in [5.41, 5.74) is 0.328. The molecule has 204 valence electrons. The summed E-state index contributed by atoms with van der Waals surface area (Å²) in [6.45, 7) is 15.9. The Labute approximate surface area is 221 Å². The number of hydrogen-bond donors (Lipinski definition) is 1. The van der Waals surface area contributed by atoms with E-state index in [0.717, 1.165) is 12.1 Å². The van der Waals surface area contributed by atoms with Gasteiger partial charge in [0.05, 0.1) is 34.3 Å². The molecule has 1 aromatic carbocycles. The van der Waals surface area contributed by atoms with Crippen LogP contribution in [0.1, 0.15) is 47.2 Å². The number of nitrogens with zero attached hydrogens (tertiary/aromatic N) is 2. The molecule has 1 aromatic heterocycles. The first kappa shape index (κ1) is 29.1. The molecule has 1 aliphatic heterocycles. The fraction of sp³-hybridized carbons (Fsp3) is 0.538. The monoisotopic (exact) mass is 551 g/mol. The third-order valence-corrected chi connectivity index (χ3v) is 8.45. The zero-order valence-electron chi connectivity index (χ0n) is 22.8. The molecule has 37 heavy (non-hydrogen) atoms. The second-order valence-electron chi connectivity index (χ2n) is 11.7. The highest BCUT2D eigenvalue weighted by molar-refractivity contribution is 7.92. The van der Waals surface area contributed by atoms with Crippen molar-refractivity contribution < 1.29 is 26.8 Å². The molecule has 11 heteroatoms. The van der Waals surface area contributed by atoms with Crippen LogP contribution in [0, 0.1) is 17.2 Å². The van der Waals surface area contributed by atoms with Crippen LogP contribution < -0.4 is 9.62 Å². The summed E-state index contributed by atoms with van der Waals surface area (Å²) in [6.07, 6.45) is 1.15. The van der Waals surface area contributed by atoms with Crippen molar-refractivity contribution >= 4 is 36.5 Å². The average Bonchev–Trinajstić information content (AvgIpc) is 2.75. The second kappa shape index (κ2) is 10.7. The van der Waals surface area contributed by atoms with E-state index in [-0.39, 0.29) is 28.9 Å². The number of carbonyl (C=O) groups is 1. The SMILES string of the molecule is C[SiH](C)OC(C1Cc2ncc(NC(=O)OC(C)(C)C)cc2N(S(=O)(=O)c2ccc(F)cc2)C1)C(C)(C)C. The number of benzene rings is 1. The zero-order valence-corrected chi connectivity index (χ0v) is 24.8. The Morgan fingerprint density at radius 3 is 2.32 bits per heavy atom. The maximum atomic E-state index is 13.9. The lowest BCUT2D eigenvalue weighted by atomic mass is 9.78. The third kappa shape index (κ3) is 7.29. The van der Waals surface area contributed by atoms with Crippen LogP contribution >= 0.6 is 0 Å². The maximum absolute atomic E-state index is 13.9. The summed E-state index contributed by atoms with van der Waals surface area (Å²) in [5, 5.41) is 2.64. The quantitative estimate of drug-likeness (QED) is 0.486. The minimum Gasteiger partial charge on any atom is -0.444 e. The molecule has 0 radical (unpaired) electrons. The van der Waals surface area contributed by atoms with E-state index in [1.54, 1.807) is 26.8 Å². The molecule has 1 amide bonds. The molecule has 1 aliphatic rings. The van der Waals surface area contributed by atoms with Gasteiger partial charge in [0.2, 0.25) is 0 Å². The summed E-state index contributed by atoms with van der Waals surface area (Å²) in [7, 11) is -5.52. The highest BCUT2D eigenvalue weighted by Gasteiger charge is 2.42. The Hall–Kier alpha value is -2.50. The summed E-state index contributed by atoms with van der Waals surface area (Å²) < 4.78 is 54.4. The number of ether oxygens (including phenoxy) is 1. The molecule has 2 atom stereocenters. The number of nitrogens with one attached hydrogen (secondary N) is 1. The van der Waals surface area contributed by atoms with Gasteiger partial charge in [-0.25, -0.2) is 17.6 Å². The van der Waals surface area contributed by atoms with Crippen LogP contribution in [0.5, 0.6) is 0 Å². The molecule has 0 aliphatic carbocycles. The van der Waals surface area contributed by atoms with Gasteiger partial charge >= 0.3 is 6.09 Å². The van der Waals surface area contributed by atoms with E-state index < -0.39 is 36.6 Å². The van der Waals surface area contributed by atoms with Crippen LogP contribution in [0.2, 0.25) is 13.1 Å². The van der Waals surface area contributed by atoms with Crippen LogP contribution in [-0.4, -0.2) is 46.8 Å². The lowest BCUT2D eigenvalue weighted by molar-refractivity contribution is 0.0346. The maximum Gasteiger partial charge on any atom is 0.412 e. The van der Waals surface area contributed by atoms with Gasteiger partial charge in [-0.15, -0.1) is 0 Å². The topological polar surface area (TPSA) is 97.8 Å². The number of anilines is 2. The van der Waals surface area contributed by atoms with Gasteiger partial charge in [0.1, 0.15) is 11.4 Å². The van der Waals surface area contributed by atoms with E-state index in [1.807, 2.05) is 0 Å². The Morgan fingerprint density at radius 2 is 1.78 bits per heavy atom. The fourth-order valence-corrected chi connectivity index (χ4v) is 7.20. The van der Waals surface area contributed by atoms with Gasteiger partial charge in [-0.1, -0.05) is 20.8 Å². The number of fused-ring (bicyclic) bond motifs is 1. The van der Waals surface area contributed by atoms with E-state index in [2.05, 4.69) is 44.2 Å². The van der Waals surface area contributed by atoms with Crippen molar-refractivity contribution in [2.75, 3.05) is 16.2 Å². The molecular formula is C26H38FN3O5SSi. The van der Waals surface area contributed by atoms with Crippen LogP contribution in [0.25, 0.3) is 0 Å². The average molecular weight is 552 g/mol. The summed E-state index contributed by atoms with van der Waals surface area (Å²) in [6, 6.07) is 6.35. The smallest absolute Gasteiger partial charge is 0.412 e. The first-order valence-electron chi connectivity index (χ1n) is 12.4. The third-order valence-electron chi connectivity index (χ3n) is 5.82. The molecule has 1 N–H and O–H groups in total. The summed E-state index contributed by atoms with van der Waals surface area (Å²) in [5.74, 6) is -0.681.